The Bertz CT molecular complexity index is 763. The lowest BCUT2D eigenvalue weighted by Crippen LogP contribution is -2.43. The topological polar surface area (TPSA) is 98.4 Å². The van der Waals surface area contributed by atoms with E-state index in [1.807, 2.05) is 0 Å². The maximum atomic E-state index is 12.6. The zero-order valence-electron chi connectivity index (χ0n) is 13.5. The molecule has 1 fully saturated rings. The van der Waals surface area contributed by atoms with Gasteiger partial charge in [-0.15, -0.1) is 0 Å². The van der Waals surface area contributed by atoms with E-state index in [4.69, 9.17) is 9.26 Å². The van der Waals surface area contributed by atoms with Crippen molar-refractivity contribution < 1.29 is 17.7 Å². The summed E-state index contributed by atoms with van der Waals surface area (Å²) in [4.78, 5) is 8.22. The minimum atomic E-state index is -3.52. The second-order valence-corrected chi connectivity index (χ2v) is 7.60. The van der Waals surface area contributed by atoms with Gasteiger partial charge in [0.05, 0.1) is 12.7 Å². The van der Waals surface area contributed by atoms with Crippen LogP contribution >= 0.6 is 0 Å². The standard InChI is InChI=1S/C15H20N4O4S/c1-12-17-15(18-23-12)6-9-22-13-4-3-8-19(11-13)24(20,21)14-5-2-7-16-10-14/h2,5,7,10,13H,3-4,6,8-9,11H2,1H3. The average Bonchev–Trinajstić information content (AvgIpc) is 3.01. The summed E-state index contributed by atoms with van der Waals surface area (Å²) < 4.78 is 37.4. The van der Waals surface area contributed by atoms with Crippen LogP contribution in [0.3, 0.4) is 0 Å². The molecule has 0 spiro atoms. The molecule has 24 heavy (non-hydrogen) atoms. The molecule has 1 saturated heterocycles. The predicted molar refractivity (Wildman–Crippen MR) is 84.7 cm³/mol. The quantitative estimate of drug-likeness (QED) is 0.770. The molecule has 1 unspecified atom stereocenters. The Kier molecular flexibility index (Phi) is 5.22. The van der Waals surface area contributed by atoms with Crippen molar-refractivity contribution >= 4 is 10.0 Å². The Morgan fingerprint density at radius 2 is 2.33 bits per heavy atom. The highest BCUT2D eigenvalue weighted by Gasteiger charge is 2.30. The molecule has 0 aromatic carbocycles. The number of rotatable bonds is 6. The van der Waals surface area contributed by atoms with Crippen LogP contribution in [0.15, 0.2) is 33.9 Å². The van der Waals surface area contributed by atoms with Gasteiger partial charge in [0.1, 0.15) is 4.90 Å². The van der Waals surface area contributed by atoms with Crippen molar-refractivity contribution in [2.45, 2.75) is 37.2 Å². The molecule has 1 atom stereocenters. The number of aromatic nitrogens is 3. The summed E-state index contributed by atoms with van der Waals surface area (Å²) in [5.74, 6) is 1.12. The normalized spacial score (nSPS) is 19.5. The lowest BCUT2D eigenvalue weighted by molar-refractivity contribution is 0.0199. The van der Waals surface area contributed by atoms with Crippen LogP contribution in [-0.4, -0.2) is 53.6 Å². The van der Waals surface area contributed by atoms with Crippen LogP contribution in [0, 0.1) is 6.92 Å². The lowest BCUT2D eigenvalue weighted by atomic mass is 10.1. The summed E-state index contributed by atoms with van der Waals surface area (Å²) in [6, 6.07) is 3.18. The third-order valence-electron chi connectivity index (χ3n) is 3.86. The molecule has 0 saturated carbocycles. The molecule has 2 aromatic heterocycles. The zero-order valence-corrected chi connectivity index (χ0v) is 14.3. The van der Waals surface area contributed by atoms with Gasteiger partial charge in [0.25, 0.3) is 0 Å². The molecule has 130 valence electrons. The second kappa shape index (κ2) is 7.37. The van der Waals surface area contributed by atoms with E-state index in [9.17, 15) is 8.42 Å². The van der Waals surface area contributed by atoms with Crippen LogP contribution in [-0.2, 0) is 21.2 Å². The number of nitrogens with zero attached hydrogens (tertiary/aromatic N) is 4. The number of piperidine rings is 1. The van der Waals surface area contributed by atoms with Crippen LogP contribution in [0.25, 0.3) is 0 Å². The maximum absolute atomic E-state index is 12.6. The summed E-state index contributed by atoms with van der Waals surface area (Å²) in [7, 11) is -3.52. The molecule has 0 N–H and O–H groups in total. The number of ether oxygens (including phenoxy) is 1. The fourth-order valence-corrected chi connectivity index (χ4v) is 4.14. The molecular weight excluding hydrogens is 332 g/mol. The van der Waals surface area contributed by atoms with Crippen LogP contribution in [0.5, 0.6) is 0 Å². The van der Waals surface area contributed by atoms with Crippen molar-refractivity contribution in [3.05, 3.63) is 36.2 Å². The number of aryl methyl sites for hydroxylation is 1. The fourth-order valence-electron chi connectivity index (χ4n) is 2.67. The van der Waals surface area contributed by atoms with Gasteiger partial charge in [-0.25, -0.2) is 8.42 Å². The third-order valence-corrected chi connectivity index (χ3v) is 5.71. The minimum absolute atomic E-state index is 0.127. The molecule has 2 aromatic rings. The summed E-state index contributed by atoms with van der Waals surface area (Å²) in [5, 5.41) is 3.81. The Hall–Kier alpha value is -1.84. The second-order valence-electron chi connectivity index (χ2n) is 5.67. The first-order valence-corrected chi connectivity index (χ1v) is 9.30. The molecule has 0 aliphatic carbocycles. The van der Waals surface area contributed by atoms with Crippen LogP contribution < -0.4 is 0 Å². The van der Waals surface area contributed by atoms with E-state index in [2.05, 4.69) is 15.1 Å². The van der Waals surface area contributed by atoms with Crippen molar-refractivity contribution in [2.75, 3.05) is 19.7 Å². The van der Waals surface area contributed by atoms with Crippen LogP contribution in [0.2, 0.25) is 0 Å². The van der Waals surface area contributed by atoms with Gasteiger partial charge in [-0.05, 0) is 25.0 Å². The van der Waals surface area contributed by atoms with E-state index in [1.165, 1.54) is 10.5 Å². The monoisotopic (exact) mass is 352 g/mol. The lowest BCUT2D eigenvalue weighted by Gasteiger charge is -2.31. The molecule has 9 heteroatoms. The van der Waals surface area contributed by atoms with Crippen molar-refractivity contribution in [2.24, 2.45) is 0 Å². The summed E-state index contributed by atoms with van der Waals surface area (Å²) in [5.41, 5.74) is 0. The van der Waals surface area contributed by atoms with Gasteiger partial charge in [-0.1, -0.05) is 5.16 Å². The molecule has 0 amide bonds. The summed E-state index contributed by atoms with van der Waals surface area (Å²) >= 11 is 0. The van der Waals surface area contributed by atoms with Crippen molar-refractivity contribution in [3.8, 4) is 0 Å². The first-order valence-electron chi connectivity index (χ1n) is 7.86. The van der Waals surface area contributed by atoms with Crippen molar-refractivity contribution in [1.82, 2.24) is 19.4 Å². The predicted octanol–water partition coefficient (Wildman–Crippen LogP) is 1.19. The van der Waals surface area contributed by atoms with Gasteiger partial charge in [0, 0.05) is 38.8 Å². The smallest absolute Gasteiger partial charge is 0.244 e. The fraction of sp³-hybridized carbons (Fsp3) is 0.533. The van der Waals surface area contributed by atoms with Gasteiger partial charge in [0.15, 0.2) is 5.82 Å². The Balaban J connectivity index is 1.56. The molecule has 1 aliphatic heterocycles. The van der Waals surface area contributed by atoms with Gasteiger partial charge in [0.2, 0.25) is 15.9 Å². The zero-order chi connectivity index (χ0) is 17.0. The molecule has 0 bridgehead atoms. The Labute approximate surface area is 140 Å². The van der Waals surface area contributed by atoms with E-state index in [0.29, 0.717) is 37.8 Å². The van der Waals surface area contributed by atoms with Crippen molar-refractivity contribution in [3.63, 3.8) is 0 Å². The highest BCUT2D eigenvalue weighted by molar-refractivity contribution is 7.89. The maximum Gasteiger partial charge on any atom is 0.244 e. The number of sulfonamides is 1. The number of hydrogen-bond donors (Lipinski definition) is 0. The first-order chi connectivity index (χ1) is 11.6. The van der Waals surface area contributed by atoms with Crippen LogP contribution in [0.1, 0.15) is 24.6 Å². The number of hydrogen-bond acceptors (Lipinski definition) is 7. The van der Waals surface area contributed by atoms with Crippen LogP contribution in [0.4, 0.5) is 0 Å². The van der Waals surface area contributed by atoms with Gasteiger partial charge in [-0.3, -0.25) is 4.98 Å². The minimum Gasteiger partial charge on any atom is -0.376 e. The summed E-state index contributed by atoms with van der Waals surface area (Å²) in [6.07, 6.45) is 4.95. The molecule has 0 radical (unpaired) electrons. The highest BCUT2D eigenvalue weighted by atomic mass is 32.2. The summed E-state index contributed by atoms with van der Waals surface area (Å²) in [6.45, 7) is 3.02. The molecule has 3 rings (SSSR count). The molecule has 1 aliphatic rings. The SMILES string of the molecule is Cc1nc(CCOC2CCCN(S(=O)(=O)c3cccnc3)C2)no1. The van der Waals surface area contributed by atoms with Crippen molar-refractivity contribution in [1.29, 1.82) is 0 Å². The molecule has 3 heterocycles. The van der Waals surface area contributed by atoms with E-state index < -0.39 is 10.0 Å². The van der Waals surface area contributed by atoms with E-state index in [1.54, 1.807) is 25.3 Å². The Morgan fingerprint density at radius 3 is 3.04 bits per heavy atom. The van der Waals surface area contributed by atoms with Gasteiger partial charge < -0.3 is 9.26 Å². The third kappa shape index (κ3) is 3.97. The largest absolute Gasteiger partial charge is 0.376 e. The van der Waals surface area contributed by atoms with E-state index >= 15 is 0 Å². The van der Waals surface area contributed by atoms with Gasteiger partial charge in [-0.2, -0.15) is 9.29 Å². The highest BCUT2D eigenvalue weighted by Crippen LogP contribution is 2.21. The molecule has 8 nitrogen and oxygen atoms in total. The Morgan fingerprint density at radius 1 is 1.46 bits per heavy atom. The molecular formula is C15H20N4O4S. The van der Waals surface area contributed by atoms with E-state index in [0.717, 1.165) is 12.8 Å². The van der Waals surface area contributed by atoms with E-state index in [-0.39, 0.29) is 11.0 Å². The van der Waals surface area contributed by atoms with Gasteiger partial charge >= 0.3 is 0 Å². The average molecular weight is 352 g/mol. The first kappa shape index (κ1) is 17.0. The number of pyridine rings is 1.